The van der Waals surface area contributed by atoms with Crippen molar-refractivity contribution in [2.24, 2.45) is 5.92 Å². The van der Waals surface area contributed by atoms with E-state index in [-0.39, 0.29) is 6.04 Å². The zero-order chi connectivity index (χ0) is 13.9. The van der Waals surface area contributed by atoms with Gasteiger partial charge in [0.2, 0.25) is 10.0 Å². The smallest absolute Gasteiger partial charge is 0.250 e. The molecule has 0 spiro atoms. The quantitative estimate of drug-likeness (QED) is 0.848. The van der Waals surface area contributed by atoms with Crippen LogP contribution in [-0.4, -0.2) is 21.0 Å². The molecule has 19 heavy (non-hydrogen) atoms. The molecule has 2 N–H and O–H groups in total. The maximum absolute atomic E-state index is 12.3. The number of sulfonamides is 1. The maximum atomic E-state index is 12.3. The summed E-state index contributed by atoms with van der Waals surface area (Å²) in [7, 11) is -3.34. The molecule has 0 saturated heterocycles. The Labute approximate surface area is 119 Å². The molecule has 1 aliphatic rings. The second-order valence-corrected chi connectivity index (χ2v) is 8.04. The van der Waals surface area contributed by atoms with Crippen LogP contribution in [0, 0.1) is 5.92 Å². The fraction of sp³-hybridized carbons (Fsp3) is 0.692. The highest BCUT2D eigenvalue weighted by Crippen LogP contribution is 2.27. The molecule has 1 aromatic heterocycles. The summed E-state index contributed by atoms with van der Waals surface area (Å²) in [6.45, 7) is 5.76. The standard InChI is InChI=1S/C13H22N2O2S2/c1-3-14-8-11-7-13(18-9-11)19(16,17)15-12-6-4-5-10(12)2/h7,9-10,12,14-15H,3-6,8H2,1-2H3. The maximum Gasteiger partial charge on any atom is 0.250 e. The zero-order valence-corrected chi connectivity index (χ0v) is 13.1. The third-order valence-electron chi connectivity index (χ3n) is 3.64. The van der Waals surface area contributed by atoms with Crippen LogP contribution in [0.25, 0.3) is 0 Å². The first-order chi connectivity index (χ1) is 9.03. The molecule has 108 valence electrons. The Hall–Kier alpha value is -0.430. The van der Waals surface area contributed by atoms with E-state index in [9.17, 15) is 8.42 Å². The van der Waals surface area contributed by atoms with E-state index in [0.29, 0.717) is 10.1 Å². The van der Waals surface area contributed by atoms with Crippen LogP contribution in [0.2, 0.25) is 0 Å². The summed E-state index contributed by atoms with van der Waals surface area (Å²) in [5, 5.41) is 5.11. The monoisotopic (exact) mass is 302 g/mol. The average Bonchev–Trinajstić information content (AvgIpc) is 2.97. The van der Waals surface area contributed by atoms with Crippen LogP contribution in [0.1, 0.15) is 38.7 Å². The summed E-state index contributed by atoms with van der Waals surface area (Å²) in [5.41, 5.74) is 1.03. The van der Waals surface area contributed by atoms with Crippen LogP contribution in [0.4, 0.5) is 0 Å². The van der Waals surface area contributed by atoms with Crippen molar-refractivity contribution < 1.29 is 8.42 Å². The highest BCUT2D eigenvalue weighted by Gasteiger charge is 2.28. The minimum absolute atomic E-state index is 0.101. The van der Waals surface area contributed by atoms with Gasteiger partial charge in [-0.05, 0) is 42.3 Å². The first kappa shape index (κ1) is 15.0. The van der Waals surface area contributed by atoms with Crippen molar-refractivity contribution in [3.8, 4) is 0 Å². The van der Waals surface area contributed by atoms with Crippen LogP contribution in [0.5, 0.6) is 0 Å². The van der Waals surface area contributed by atoms with Crippen molar-refractivity contribution in [3.05, 3.63) is 17.0 Å². The summed E-state index contributed by atoms with van der Waals surface area (Å²) in [5.74, 6) is 0.441. The third kappa shape index (κ3) is 3.78. The van der Waals surface area contributed by atoms with Crippen molar-refractivity contribution in [3.63, 3.8) is 0 Å². The van der Waals surface area contributed by atoms with Crippen molar-refractivity contribution in [1.29, 1.82) is 0 Å². The van der Waals surface area contributed by atoms with E-state index in [1.807, 2.05) is 12.3 Å². The Bertz CT molecular complexity index is 510. The normalized spacial score (nSPS) is 23.9. The predicted molar refractivity (Wildman–Crippen MR) is 78.8 cm³/mol. The number of nitrogens with one attached hydrogen (secondary N) is 2. The Kier molecular flexibility index (Phi) is 5.00. The van der Waals surface area contributed by atoms with Crippen molar-refractivity contribution in [2.75, 3.05) is 6.54 Å². The van der Waals surface area contributed by atoms with Crippen molar-refractivity contribution in [1.82, 2.24) is 10.0 Å². The van der Waals surface area contributed by atoms with Crippen LogP contribution < -0.4 is 10.0 Å². The topological polar surface area (TPSA) is 58.2 Å². The molecule has 0 aliphatic heterocycles. The molecule has 4 nitrogen and oxygen atoms in total. The minimum atomic E-state index is -3.34. The van der Waals surface area contributed by atoms with E-state index < -0.39 is 10.0 Å². The van der Waals surface area contributed by atoms with Gasteiger partial charge in [0.1, 0.15) is 4.21 Å². The molecule has 0 radical (unpaired) electrons. The highest BCUT2D eigenvalue weighted by molar-refractivity contribution is 7.91. The fourth-order valence-electron chi connectivity index (χ4n) is 2.43. The summed E-state index contributed by atoms with van der Waals surface area (Å²) in [4.78, 5) is 0. The largest absolute Gasteiger partial charge is 0.313 e. The van der Waals surface area contributed by atoms with Crippen molar-refractivity contribution in [2.45, 2.75) is 49.9 Å². The SMILES string of the molecule is CCNCc1csc(S(=O)(=O)NC2CCCC2C)c1. The molecule has 0 amide bonds. The van der Waals surface area contributed by atoms with Gasteiger partial charge in [-0.2, -0.15) is 0 Å². The molecule has 2 unspecified atom stereocenters. The fourth-order valence-corrected chi connectivity index (χ4v) is 5.04. The predicted octanol–water partition coefficient (Wildman–Crippen LogP) is 2.32. The summed E-state index contributed by atoms with van der Waals surface area (Å²) >= 11 is 1.30. The lowest BCUT2D eigenvalue weighted by molar-refractivity contribution is 0.477. The van der Waals surface area contributed by atoms with Gasteiger partial charge < -0.3 is 5.32 Å². The van der Waals surface area contributed by atoms with E-state index in [2.05, 4.69) is 17.0 Å². The van der Waals surface area contributed by atoms with Gasteiger partial charge in [0.25, 0.3) is 0 Å². The van der Waals surface area contributed by atoms with Gasteiger partial charge in [-0.25, -0.2) is 13.1 Å². The molecule has 1 heterocycles. The van der Waals surface area contributed by atoms with Crippen LogP contribution in [0.15, 0.2) is 15.7 Å². The van der Waals surface area contributed by atoms with Crippen molar-refractivity contribution >= 4 is 21.4 Å². The van der Waals surface area contributed by atoms with Gasteiger partial charge in [-0.15, -0.1) is 11.3 Å². The second-order valence-electron chi connectivity index (χ2n) is 5.19. The van der Waals surface area contributed by atoms with Crippen LogP contribution >= 0.6 is 11.3 Å². The summed E-state index contributed by atoms with van der Waals surface area (Å²) < 4.78 is 27.9. The number of hydrogen-bond acceptors (Lipinski definition) is 4. The Balaban J connectivity index is 2.04. The molecule has 1 saturated carbocycles. The minimum Gasteiger partial charge on any atom is -0.313 e. The molecule has 6 heteroatoms. The van der Waals surface area contributed by atoms with Crippen LogP contribution in [-0.2, 0) is 16.6 Å². The molecule has 2 rings (SSSR count). The number of rotatable bonds is 6. The first-order valence-corrected chi connectivity index (χ1v) is 9.19. The lowest BCUT2D eigenvalue weighted by atomic mass is 10.1. The lowest BCUT2D eigenvalue weighted by Gasteiger charge is -2.16. The third-order valence-corrected chi connectivity index (χ3v) is 6.62. The van der Waals surface area contributed by atoms with Gasteiger partial charge in [0, 0.05) is 12.6 Å². The Morgan fingerprint density at radius 1 is 1.42 bits per heavy atom. The highest BCUT2D eigenvalue weighted by atomic mass is 32.2. The Morgan fingerprint density at radius 2 is 2.21 bits per heavy atom. The van der Waals surface area contributed by atoms with Gasteiger partial charge in [0.15, 0.2) is 0 Å². The average molecular weight is 302 g/mol. The molecule has 1 fully saturated rings. The molecule has 2 atom stereocenters. The van der Waals surface area contributed by atoms with Gasteiger partial charge in [-0.1, -0.05) is 20.3 Å². The molecular weight excluding hydrogens is 280 g/mol. The van der Waals surface area contributed by atoms with E-state index in [4.69, 9.17) is 0 Å². The zero-order valence-electron chi connectivity index (χ0n) is 11.5. The summed E-state index contributed by atoms with van der Waals surface area (Å²) in [6, 6.07) is 1.87. The van der Waals surface area contributed by atoms with Gasteiger partial charge >= 0.3 is 0 Å². The van der Waals surface area contributed by atoms with E-state index in [0.717, 1.165) is 37.9 Å². The molecule has 1 aromatic rings. The van der Waals surface area contributed by atoms with Gasteiger partial charge in [-0.3, -0.25) is 0 Å². The van der Waals surface area contributed by atoms with E-state index >= 15 is 0 Å². The molecular formula is C13H22N2O2S2. The Morgan fingerprint density at radius 3 is 2.84 bits per heavy atom. The second kappa shape index (κ2) is 6.35. The van der Waals surface area contributed by atoms with E-state index in [1.165, 1.54) is 11.3 Å². The number of hydrogen-bond donors (Lipinski definition) is 2. The molecule has 0 bridgehead atoms. The van der Waals surface area contributed by atoms with Gasteiger partial charge in [0.05, 0.1) is 0 Å². The molecule has 0 aromatic carbocycles. The number of thiophene rings is 1. The van der Waals surface area contributed by atoms with Crippen LogP contribution in [0.3, 0.4) is 0 Å². The molecule has 1 aliphatic carbocycles. The van der Waals surface area contributed by atoms with E-state index in [1.54, 1.807) is 6.07 Å². The first-order valence-electron chi connectivity index (χ1n) is 6.83. The summed E-state index contributed by atoms with van der Waals surface area (Å²) in [6.07, 6.45) is 3.18. The lowest BCUT2D eigenvalue weighted by Crippen LogP contribution is -2.36.